The number of carbonyl (C=O) groups is 2. The Hall–Kier alpha value is -2.07. The van der Waals surface area contributed by atoms with Crippen LogP contribution in [-0.4, -0.2) is 79.6 Å². The highest BCUT2D eigenvalue weighted by Crippen LogP contribution is 2.50. The highest BCUT2D eigenvalue weighted by Gasteiger charge is 2.59. The van der Waals surface area contributed by atoms with Crippen LogP contribution in [0.5, 0.6) is 0 Å². The number of oxime groups is 1. The van der Waals surface area contributed by atoms with E-state index < -0.39 is 18.0 Å². The molecule has 4 atom stereocenters. The fourth-order valence-electron chi connectivity index (χ4n) is 4.09. The molecule has 0 unspecified atom stereocenters. The van der Waals surface area contributed by atoms with Crippen LogP contribution in [0, 0.1) is 17.2 Å². The van der Waals surface area contributed by atoms with Gasteiger partial charge in [0.25, 0.3) is 0 Å². The fourth-order valence-corrected chi connectivity index (χ4v) is 5.29. The van der Waals surface area contributed by atoms with E-state index in [1.165, 1.54) is 16.7 Å². The number of thioether (sulfide) groups is 1. The summed E-state index contributed by atoms with van der Waals surface area (Å²) < 4.78 is 0. The lowest BCUT2D eigenvalue weighted by Crippen LogP contribution is -2.63. The number of hydrogen-bond acceptors (Lipinski definition) is 7. The standard InChI is InChI=1S/C17H24N4O5S/c1-8-13-12(9(2)22)16(23)21(13)14(17(24)25)15(8)27-7-11(18)20-5-3-10(19-26)4-6-20/h8-9,12-13,18,22,26H,3-7H2,1-2H3,(H,24,25)/t8-,9-,12-,13+/m1/s1. The molecule has 0 bridgehead atoms. The molecule has 3 aliphatic rings. The second-order valence-corrected chi connectivity index (χ2v) is 8.18. The SMILES string of the molecule is C[C@@H](O)[C@H]1C(=O)N2C(C(=O)O)=C(SCC(=N)N3CCC(=NO)CC3)[C@H](C)[C@@H]12. The summed E-state index contributed by atoms with van der Waals surface area (Å²) in [4.78, 5) is 27.8. The van der Waals surface area contributed by atoms with Crippen molar-refractivity contribution in [2.45, 2.75) is 38.8 Å². The van der Waals surface area contributed by atoms with Gasteiger partial charge in [-0.1, -0.05) is 12.1 Å². The van der Waals surface area contributed by atoms with Gasteiger partial charge in [0.2, 0.25) is 5.91 Å². The molecule has 27 heavy (non-hydrogen) atoms. The number of amidine groups is 1. The number of carboxylic acid groups (broad SMARTS) is 1. The van der Waals surface area contributed by atoms with E-state index in [0.29, 0.717) is 42.4 Å². The minimum absolute atomic E-state index is 0.0134. The molecule has 3 rings (SSSR count). The number of fused-ring (bicyclic) bond motifs is 1. The predicted octanol–water partition coefficient (Wildman–Crippen LogP) is 0.777. The first kappa shape index (κ1) is 19.7. The minimum Gasteiger partial charge on any atom is -0.477 e. The van der Waals surface area contributed by atoms with Crippen molar-refractivity contribution in [2.75, 3.05) is 18.8 Å². The number of carbonyl (C=O) groups excluding carboxylic acids is 1. The Kier molecular flexibility index (Phi) is 5.48. The maximum Gasteiger partial charge on any atom is 0.353 e. The molecule has 1 amide bonds. The third kappa shape index (κ3) is 3.31. The number of piperidine rings is 1. The van der Waals surface area contributed by atoms with E-state index in [2.05, 4.69) is 5.16 Å². The highest BCUT2D eigenvalue weighted by molar-refractivity contribution is 8.03. The maximum atomic E-state index is 12.3. The van der Waals surface area contributed by atoms with Crippen LogP contribution in [0.2, 0.25) is 0 Å². The molecule has 0 aliphatic carbocycles. The maximum absolute atomic E-state index is 12.3. The number of rotatable bonds is 5. The van der Waals surface area contributed by atoms with Gasteiger partial charge in [-0.25, -0.2) is 4.79 Å². The zero-order chi connectivity index (χ0) is 19.9. The van der Waals surface area contributed by atoms with Gasteiger partial charge in [0, 0.05) is 36.8 Å². The first-order chi connectivity index (χ1) is 12.8. The molecule has 0 aromatic heterocycles. The van der Waals surface area contributed by atoms with Gasteiger partial charge >= 0.3 is 5.97 Å². The monoisotopic (exact) mass is 396 g/mol. The number of nitrogens with zero attached hydrogens (tertiary/aromatic N) is 3. The summed E-state index contributed by atoms with van der Waals surface area (Å²) in [6.45, 7) is 4.60. The molecule has 148 valence electrons. The average Bonchev–Trinajstić information content (AvgIpc) is 2.88. The zero-order valence-corrected chi connectivity index (χ0v) is 16.1. The molecule has 0 saturated carbocycles. The molecule has 2 saturated heterocycles. The molecule has 3 aliphatic heterocycles. The Balaban J connectivity index is 1.69. The van der Waals surface area contributed by atoms with Crippen molar-refractivity contribution >= 4 is 35.2 Å². The summed E-state index contributed by atoms with van der Waals surface area (Å²) in [6, 6.07) is -0.335. The van der Waals surface area contributed by atoms with Crippen LogP contribution in [0.3, 0.4) is 0 Å². The summed E-state index contributed by atoms with van der Waals surface area (Å²) in [5.41, 5.74) is 0.708. The van der Waals surface area contributed by atoms with Crippen LogP contribution in [0.15, 0.2) is 15.8 Å². The van der Waals surface area contributed by atoms with E-state index in [9.17, 15) is 19.8 Å². The summed E-state index contributed by atoms with van der Waals surface area (Å²) in [5, 5.41) is 39.8. The van der Waals surface area contributed by atoms with Crippen molar-refractivity contribution in [1.29, 1.82) is 5.41 Å². The van der Waals surface area contributed by atoms with Crippen LogP contribution < -0.4 is 0 Å². The summed E-state index contributed by atoms with van der Waals surface area (Å²) in [7, 11) is 0. The number of hydrogen-bond donors (Lipinski definition) is 4. The van der Waals surface area contributed by atoms with Gasteiger partial charge in [-0.05, 0) is 6.92 Å². The molecule has 9 nitrogen and oxygen atoms in total. The quantitative estimate of drug-likeness (QED) is 0.177. The Morgan fingerprint density at radius 1 is 1.41 bits per heavy atom. The van der Waals surface area contributed by atoms with E-state index in [1.54, 1.807) is 6.92 Å². The van der Waals surface area contributed by atoms with Crippen molar-refractivity contribution in [1.82, 2.24) is 9.80 Å². The van der Waals surface area contributed by atoms with E-state index in [1.807, 2.05) is 11.8 Å². The second-order valence-electron chi connectivity index (χ2n) is 7.16. The molecular formula is C17H24N4O5S. The third-order valence-electron chi connectivity index (χ3n) is 5.54. The largest absolute Gasteiger partial charge is 0.477 e. The number of likely N-dealkylation sites (tertiary alicyclic amines) is 1. The number of β-lactam (4-membered cyclic amide) rings is 1. The van der Waals surface area contributed by atoms with Gasteiger partial charge in [-0.2, -0.15) is 0 Å². The lowest BCUT2D eigenvalue weighted by molar-refractivity contribution is -0.163. The highest BCUT2D eigenvalue weighted by atomic mass is 32.2. The first-order valence-electron chi connectivity index (χ1n) is 8.91. The fraction of sp³-hybridized carbons (Fsp3) is 0.647. The summed E-state index contributed by atoms with van der Waals surface area (Å²) in [6.07, 6.45) is 0.377. The molecule has 3 heterocycles. The molecule has 0 aromatic rings. The topological polar surface area (TPSA) is 138 Å². The molecule has 2 fully saturated rings. The van der Waals surface area contributed by atoms with Crippen LogP contribution in [0.1, 0.15) is 26.7 Å². The van der Waals surface area contributed by atoms with E-state index in [4.69, 9.17) is 10.6 Å². The second kappa shape index (κ2) is 7.51. The Labute approximate surface area is 161 Å². The lowest BCUT2D eigenvalue weighted by Gasteiger charge is -2.46. The Morgan fingerprint density at radius 3 is 2.56 bits per heavy atom. The number of aliphatic hydroxyl groups is 1. The van der Waals surface area contributed by atoms with Gasteiger partial charge < -0.3 is 25.2 Å². The zero-order valence-electron chi connectivity index (χ0n) is 15.3. The third-order valence-corrected chi connectivity index (χ3v) is 6.83. The molecule has 0 spiro atoms. The van der Waals surface area contributed by atoms with Gasteiger partial charge in [-0.15, -0.1) is 11.8 Å². The molecular weight excluding hydrogens is 372 g/mol. The lowest BCUT2D eigenvalue weighted by atomic mass is 9.79. The molecule has 0 aromatic carbocycles. The molecule has 4 N–H and O–H groups in total. The van der Waals surface area contributed by atoms with Crippen LogP contribution in [-0.2, 0) is 9.59 Å². The smallest absolute Gasteiger partial charge is 0.353 e. The van der Waals surface area contributed by atoms with E-state index in [-0.39, 0.29) is 23.6 Å². The minimum atomic E-state index is -1.16. The molecule has 10 heteroatoms. The average molecular weight is 396 g/mol. The van der Waals surface area contributed by atoms with Gasteiger partial charge in [0.1, 0.15) is 11.5 Å². The number of aliphatic hydroxyl groups excluding tert-OH is 1. The number of aliphatic carboxylic acids is 1. The predicted molar refractivity (Wildman–Crippen MR) is 99.8 cm³/mol. The Bertz CT molecular complexity index is 725. The van der Waals surface area contributed by atoms with Crippen molar-refractivity contribution in [3.05, 3.63) is 10.6 Å². The number of amides is 1. The van der Waals surface area contributed by atoms with Crippen molar-refractivity contribution in [3.8, 4) is 0 Å². The van der Waals surface area contributed by atoms with Crippen molar-refractivity contribution in [2.24, 2.45) is 17.0 Å². The van der Waals surface area contributed by atoms with Crippen molar-refractivity contribution in [3.63, 3.8) is 0 Å². The Morgan fingerprint density at radius 2 is 2.04 bits per heavy atom. The van der Waals surface area contributed by atoms with E-state index in [0.717, 1.165) is 5.71 Å². The first-order valence-corrected chi connectivity index (χ1v) is 9.90. The van der Waals surface area contributed by atoms with Gasteiger partial charge in [-0.3, -0.25) is 10.2 Å². The van der Waals surface area contributed by atoms with Crippen LogP contribution in [0.25, 0.3) is 0 Å². The normalized spacial score (nSPS) is 28.8. The summed E-state index contributed by atoms with van der Waals surface area (Å²) >= 11 is 1.28. The van der Waals surface area contributed by atoms with Crippen LogP contribution in [0.4, 0.5) is 0 Å². The van der Waals surface area contributed by atoms with Gasteiger partial charge in [0.05, 0.1) is 29.5 Å². The summed E-state index contributed by atoms with van der Waals surface area (Å²) in [5.74, 6) is -1.59. The van der Waals surface area contributed by atoms with E-state index >= 15 is 0 Å². The van der Waals surface area contributed by atoms with Crippen molar-refractivity contribution < 1.29 is 25.0 Å². The van der Waals surface area contributed by atoms with Crippen LogP contribution >= 0.6 is 11.8 Å². The number of carboxylic acids is 1. The van der Waals surface area contributed by atoms with Gasteiger partial charge in [0.15, 0.2) is 0 Å². The number of nitrogens with one attached hydrogen (secondary N) is 1. The molecule has 0 radical (unpaired) electrons.